The largest absolute Gasteiger partial charge is 0.368 e. The Bertz CT molecular complexity index is 1460. The van der Waals surface area contributed by atoms with Gasteiger partial charge in [0, 0.05) is 12.8 Å². The van der Waals surface area contributed by atoms with Gasteiger partial charge in [0.1, 0.15) is 30.2 Å². The summed E-state index contributed by atoms with van der Waals surface area (Å²) in [6.07, 6.45) is 2.54. The zero-order chi connectivity index (χ0) is 38.8. The number of primary amides is 1. The van der Waals surface area contributed by atoms with Crippen LogP contribution in [0.25, 0.3) is 0 Å². The molecule has 2 aromatic carbocycles. The van der Waals surface area contributed by atoms with Crippen LogP contribution in [0, 0.1) is 11.8 Å². The molecule has 11 N–H and O–H groups in total. The molecule has 2 rings (SSSR count). The standard InChI is InChI=1S/C38H58N8O6/c1-6-24(4)32(46-34(48)28(40)19-13-14-20-39)38(52)45-31(23(2)3)37(51)44-30(22-27-17-11-8-12-18-27)36(50)43-29(21-26-15-9-7-10-16-26)35(49)42-25(5)33(41)47/h7-12,15-18,23-25,28-32H,6,13-14,19-22,39-40H2,1-5H3,(H2,41,47)(H,42,49)(H,43,50)(H,44,51)(H,45,52)(H,46,48)/t24-,25-,28-,29-,30-,31-,32-/m0/s1. The van der Waals surface area contributed by atoms with Crippen molar-refractivity contribution in [1.29, 1.82) is 0 Å². The first kappa shape index (κ1) is 43.3. The highest BCUT2D eigenvalue weighted by Gasteiger charge is 2.35. The molecule has 14 nitrogen and oxygen atoms in total. The molecule has 0 saturated heterocycles. The molecule has 2 aromatic rings. The minimum absolute atomic E-state index is 0.0716. The number of amides is 6. The van der Waals surface area contributed by atoms with Gasteiger partial charge in [0.05, 0.1) is 6.04 Å². The number of rotatable bonds is 22. The molecule has 286 valence electrons. The van der Waals surface area contributed by atoms with Gasteiger partial charge < -0.3 is 43.8 Å². The molecule has 0 aliphatic carbocycles. The Morgan fingerprint density at radius 1 is 0.615 bits per heavy atom. The summed E-state index contributed by atoms with van der Waals surface area (Å²) >= 11 is 0. The molecule has 0 spiro atoms. The summed E-state index contributed by atoms with van der Waals surface area (Å²) in [6.45, 7) is 9.13. The van der Waals surface area contributed by atoms with Crippen LogP contribution < -0.4 is 43.8 Å². The first-order valence-electron chi connectivity index (χ1n) is 18.0. The fraction of sp³-hybridized carbons (Fsp3) is 0.526. The van der Waals surface area contributed by atoms with Crippen molar-refractivity contribution in [3.63, 3.8) is 0 Å². The lowest BCUT2D eigenvalue weighted by Crippen LogP contribution is -2.61. The van der Waals surface area contributed by atoms with Gasteiger partial charge in [0.15, 0.2) is 0 Å². The molecule has 6 amide bonds. The van der Waals surface area contributed by atoms with Crippen molar-refractivity contribution >= 4 is 35.4 Å². The van der Waals surface area contributed by atoms with Crippen LogP contribution >= 0.6 is 0 Å². The van der Waals surface area contributed by atoms with Crippen LogP contribution in [-0.4, -0.2) is 78.2 Å². The van der Waals surface area contributed by atoms with Crippen LogP contribution in [-0.2, 0) is 41.6 Å². The van der Waals surface area contributed by atoms with Crippen LogP contribution in [0.5, 0.6) is 0 Å². The second-order valence-corrected chi connectivity index (χ2v) is 13.6. The third-order valence-corrected chi connectivity index (χ3v) is 8.96. The molecule has 0 saturated carbocycles. The van der Waals surface area contributed by atoms with Crippen LogP contribution in [0.1, 0.15) is 71.4 Å². The van der Waals surface area contributed by atoms with E-state index in [1.165, 1.54) is 6.92 Å². The highest BCUT2D eigenvalue weighted by atomic mass is 16.2. The van der Waals surface area contributed by atoms with E-state index in [1.54, 1.807) is 62.4 Å². The number of hydrogen-bond donors (Lipinski definition) is 8. The fourth-order valence-electron chi connectivity index (χ4n) is 5.42. The fourth-order valence-corrected chi connectivity index (χ4v) is 5.42. The van der Waals surface area contributed by atoms with E-state index in [0.717, 1.165) is 17.5 Å². The quantitative estimate of drug-likeness (QED) is 0.0797. The van der Waals surface area contributed by atoms with E-state index in [-0.39, 0.29) is 18.8 Å². The van der Waals surface area contributed by atoms with Gasteiger partial charge >= 0.3 is 0 Å². The Morgan fingerprint density at radius 2 is 1.08 bits per heavy atom. The Kier molecular flexibility index (Phi) is 18.5. The second-order valence-electron chi connectivity index (χ2n) is 13.6. The summed E-state index contributed by atoms with van der Waals surface area (Å²) in [4.78, 5) is 79.6. The summed E-state index contributed by atoms with van der Waals surface area (Å²) in [5.74, 6) is -4.37. The van der Waals surface area contributed by atoms with Gasteiger partial charge in [-0.25, -0.2) is 0 Å². The van der Waals surface area contributed by atoms with Crippen molar-refractivity contribution < 1.29 is 28.8 Å². The molecule has 0 unspecified atom stereocenters. The van der Waals surface area contributed by atoms with Crippen molar-refractivity contribution in [1.82, 2.24) is 26.6 Å². The van der Waals surface area contributed by atoms with Crippen molar-refractivity contribution in [2.24, 2.45) is 29.0 Å². The molecule has 0 radical (unpaired) electrons. The maximum atomic E-state index is 14.0. The zero-order valence-corrected chi connectivity index (χ0v) is 31.0. The zero-order valence-electron chi connectivity index (χ0n) is 31.0. The lowest BCUT2D eigenvalue weighted by atomic mass is 9.95. The molecule has 7 atom stereocenters. The summed E-state index contributed by atoms with van der Waals surface area (Å²) in [5, 5.41) is 13.7. The summed E-state index contributed by atoms with van der Waals surface area (Å²) < 4.78 is 0. The lowest BCUT2D eigenvalue weighted by Gasteiger charge is -2.30. The van der Waals surface area contributed by atoms with Gasteiger partial charge in [0.2, 0.25) is 35.4 Å². The smallest absolute Gasteiger partial charge is 0.243 e. The van der Waals surface area contributed by atoms with E-state index in [1.807, 2.05) is 26.0 Å². The average Bonchev–Trinajstić information content (AvgIpc) is 3.12. The number of hydrogen-bond acceptors (Lipinski definition) is 8. The van der Waals surface area contributed by atoms with Gasteiger partial charge in [-0.3, -0.25) is 28.8 Å². The molecule has 52 heavy (non-hydrogen) atoms. The first-order valence-corrected chi connectivity index (χ1v) is 18.0. The van der Waals surface area contributed by atoms with E-state index >= 15 is 0 Å². The molecule has 0 bridgehead atoms. The third kappa shape index (κ3) is 14.4. The SMILES string of the molecule is CC[C@H](C)[C@H](NC(=O)[C@@H](N)CCCCN)C(=O)N[C@H](C(=O)N[C@@H](Cc1ccccc1)C(=O)N[C@@H](Cc1ccccc1)C(=O)N[C@@H](C)C(N)=O)C(C)C. The Morgan fingerprint density at radius 3 is 1.54 bits per heavy atom. The van der Waals surface area contributed by atoms with Crippen molar-refractivity contribution in [3.8, 4) is 0 Å². The lowest BCUT2D eigenvalue weighted by molar-refractivity contribution is -0.136. The predicted molar refractivity (Wildman–Crippen MR) is 200 cm³/mol. The summed E-state index contributed by atoms with van der Waals surface area (Å²) in [6, 6.07) is 11.9. The van der Waals surface area contributed by atoms with Crippen LogP contribution in [0.3, 0.4) is 0 Å². The molecule has 0 aliphatic heterocycles. The number of carbonyl (C=O) groups is 6. The molecular formula is C38H58N8O6. The van der Waals surface area contributed by atoms with Gasteiger partial charge in [-0.2, -0.15) is 0 Å². The highest BCUT2D eigenvalue weighted by Crippen LogP contribution is 2.13. The summed E-state index contributed by atoms with van der Waals surface area (Å²) in [7, 11) is 0. The number of nitrogens with two attached hydrogens (primary N) is 3. The molecule has 0 heterocycles. The van der Waals surface area contributed by atoms with Crippen LogP contribution in [0.15, 0.2) is 60.7 Å². The van der Waals surface area contributed by atoms with E-state index in [2.05, 4.69) is 26.6 Å². The third-order valence-electron chi connectivity index (χ3n) is 8.96. The topological polar surface area (TPSA) is 241 Å². The monoisotopic (exact) mass is 722 g/mol. The molecule has 0 fully saturated rings. The highest BCUT2D eigenvalue weighted by molar-refractivity contribution is 5.96. The maximum absolute atomic E-state index is 14.0. The van der Waals surface area contributed by atoms with E-state index in [4.69, 9.17) is 17.2 Å². The Hall–Kier alpha value is -4.82. The number of unbranched alkanes of at least 4 members (excludes halogenated alkanes) is 1. The van der Waals surface area contributed by atoms with Crippen molar-refractivity contribution in [2.45, 2.75) is 109 Å². The molecule has 0 aliphatic rings. The van der Waals surface area contributed by atoms with Crippen LogP contribution in [0.4, 0.5) is 0 Å². The second kappa shape index (κ2) is 22.2. The van der Waals surface area contributed by atoms with Crippen molar-refractivity contribution in [3.05, 3.63) is 71.8 Å². The first-order chi connectivity index (χ1) is 24.7. The minimum atomic E-state index is -1.16. The van der Waals surface area contributed by atoms with Crippen molar-refractivity contribution in [2.75, 3.05) is 6.54 Å². The van der Waals surface area contributed by atoms with E-state index in [9.17, 15) is 28.8 Å². The van der Waals surface area contributed by atoms with E-state index in [0.29, 0.717) is 25.8 Å². The molecular weight excluding hydrogens is 664 g/mol. The van der Waals surface area contributed by atoms with Gasteiger partial charge in [-0.1, -0.05) is 101 Å². The van der Waals surface area contributed by atoms with Gasteiger partial charge in [0.25, 0.3) is 0 Å². The number of carbonyl (C=O) groups excluding carboxylic acids is 6. The Labute approximate surface area is 307 Å². The maximum Gasteiger partial charge on any atom is 0.243 e. The minimum Gasteiger partial charge on any atom is -0.368 e. The van der Waals surface area contributed by atoms with Gasteiger partial charge in [-0.05, 0) is 49.3 Å². The number of benzene rings is 2. The van der Waals surface area contributed by atoms with Gasteiger partial charge in [-0.15, -0.1) is 0 Å². The normalized spacial score (nSPS) is 15.2. The molecule has 0 aromatic heterocycles. The Balaban J connectivity index is 2.34. The van der Waals surface area contributed by atoms with E-state index < -0.39 is 77.6 Å². The average molecular weight is 723 g/mol. The van der Waals surface area contributed by atoms with Crippen LogP contribution in [0.2, 0.25) is 0 Å². The summed E-state index contributed by atoms with van der Waals surface area (Å²) in [5.41, 5.74) is 18.5. The predicted octanol–water partition coefficient (Wildman–Crippen LogP) is 0.559. The molecule has 14 heteroatoms. The number of nitrogens with one attached hydrogen (secondary N) is 5.